The van der Waals surface area contributed by atoms with Crippen molar-refractivity contribution in [3.63, 3.8) is 0 Å². The van der Waals surface area contributed by atoms with Gasteiger partial charge in [-0.3, -0.25) is 0 Å². The average Bonchev–Trinajstić information content (AvgIpc) is 2.81. The third-order valence-electron chi connectivity index (χ3n) is 2.57. The Bertz CT molecular complexity index is 636. The number of nitrogens with one attached hydrogen (secondary N) is 1. The van der Waals surface area contributed by atoms with E-state index in [0.717, 1.165) is 4.88 Å². The second-order valence-electron chi connectivity index (χ2n) is 4.30. The van der Waals surface area contributed by atoms with Gasteiger partial charge in [0, 0.05) is 10.9 Å². The number of phenolic OH excluding ortho intramolecular Hbond substituents is 1. The maximum Gasteiger partial charge on any atom is 0.240 e. The molecule has 2 aromatic rings. The summed E-state index contributed by atoms with van der Waals surface area (Å²) in [5.41, 5.74) is 0. The highest BCUT2D eigenvalue weighted by Crippen LogP contribution is 2.17. The Hall–Kier alpha value is -1.37. The number of aromatic hydroxyl groups is 1. The largest absolute Gasteiger partial charge is 0.508 e. The van der Waals surface area contributed by atoms with Crippen LogP contribution in [0.15, 0.2) is 46.7 Å². The first kappa shape index (κ1) is 14.0. The van der Waals surface area contributed by atoms with E-state index in [-0.39, 0.29) is 16.7 Å². The second kappa shape index (κ2) is 5.73. The highest BCUT2D eigenvalue weighted by molar-refractivity contribution is 7.89. The Morgan fingerprint density at radius 2 is 2.11 bits per heavy atom. The fraction of sp³-hybridized carbons (Fsp3) is 0.231. The van der Waals surface area contributed by atoms with Crippen LogP contribution in [0.4, 0.5) is 0 Å². The molecule has 102 valence electrons. The van der Waals surface area contributed by atoms with Gasteiger partial charge in [-0.2, -0.15) is 0 Å². The molecule has 1 aromatic carbocycles. The summed E-state index contributed by atoms with van der Waals surface area (Å²) in [6.07, 6.45) is 0.649. The minimum atomic E-state index is -3.59. The van der Waals surface area contributed by atoms with Crippen molar-refractivity contribution in [2.75, 3.05) is 0 Å². The van der Waals surface area contributed by atoms with Crippen LogP contribution in [0.5, 0.6) is 5.75 Å². The standard InChI is InChI=1S/C13H15NO3S2/c1-10(8-12-5-3-7-18-12)14-19(16,17)13-6-2-4-11(15)9-13/h2-7,9-10,14-15H,8H2,1H3. The molecule has 2 N–H and O–H groups in total. The third-order valence-corrected chi connectivity index (χ3v) is 5.06. The Morgan fingerprint density at radius 1 is 1.32 bits per heavy atom. The monoisotopic (exact) mass is 297 g/mol. The molecule has 1 unspecified atom stereocenters. The maximum absolute atomic E-state index is 12.1. The fourth-order valence-corrected chi connectivity index (χ4v) is 3.87. The molecular formula is C13H15NO3S2. The first-order chi connectivity index (χ1) is 8.97. The van der Waals surface area contributed by atoms with Gasteiger partial charge < -0.3 is 5.11 Å². The molecule has 0 aliphatic heterocycles. The Balaban J connectivity index is 2.09. The van der Waals surface area contributed by atoms with E-state index >= 15 is 0 Å². The zero-order chi connectivity index (χ0) is 13.9. The molecule has 0 amide bonds. The van der Waals surface area contributed by atoms with Crippen LogP contribution >= 0.6 is 11.3 Å². The number of hydrogen-bond acceptors (Lipinski definition) is 4. The number of rotatable bonds is 5. The zero-order valence-corrected chi connectivity index (χ0v) is 12.0. The Morgan fingerprint density at radius 3 is 2.74 bits per heavy atom. The molecule has 0 saturated heterocycles. The second-order valence-corrected chi connectivity index (χ2v) is 7.05. The predicted molar refractivity (Wildman–Crippen MR) is 75.9 cm³/mol. The topological polar surface area (TPSA) is 66.4 Å². The van der Waals surface area contributed by atoms with Crippen LogP contribution in [0, 0.1) is 0 Å². The van der Waals surface area contributed by atoms with Crippen LogP contribution in [0.1, 0.15) is 11.8 Å². The van der Waals surface area contributed by atoms with Crippen LogP contribution in [0.3, 0.4) is 0 Å². The molecule has 0 aliphatic carbocycles. The van der Waals surface area contributed by atoms with Crippen LogP contribution in [0.25, 0.3) is 0 Å². The van der Waals surface area contributed by atoms with Gasteiger partial charge in [-0.25, -0.2) is 13.1 Å². The molecule has 4 nitrogen and oxygen atoms in total. The molecule has 0 radical (unpaired) electrons. The van der Waals surface area contributed by atoms with Crippen molar-refractivity contribution in [3.05, 3.63) is 46.7 Å². The third kappa shape index (κ3) is 3.79. The van der Waals surface area contributed by atoms with Gasteiger partial charge in [0.15, 0.2) is 0 Å². The van der Waals surface area contributed by atoms with Gasteiger partial charge in [-0.15, -0.1) is 11.3 Å². The van der Waals surface area contributed by atoms with Crippen molar-refractivity contribution in [1.82, 2.24) is 4.72 Å². The minimum absolute atomic E-state index is 0.0613. The van der Waals surface area contributed by atoms with Crippen molar-refractivity contribution in [2.24, 2.45) is 0 Å². The van der Waals surface area contributed by atoms with Gasteiger partial charge in [0.05, 0.1) is 4.90 Å². The van der Waals surface area contributed by atoms with Gasteiger partial charge in [0.25, 0.3) is 0 Å². The van der Waals surface area contributed by atoms with E-state index < -0.39 is 10.0 Å². The number of sulfonamides is 1. The van der Waals surface area contributed by atoms with E-state index in [9.17, 15) is 13.5 Å². The Kier molecular flexibility index (Phi) is 4.24. The zero-order valence-electron chi connectivity index (χ0n) is 10.4. The van der Waals surface area contributed by atoms with E-state index in [1.807, 2.05) is 24.4 Å². The number of hydrogen-bond donors (Lipinski definition) is 2. The van der Waals surface area contributed by atoms with Gasteiger partial charge in [-0.1, -0.05) is 12.1 Å². The lowest BCUT2D eigenvalue weighted by molar-refractivity contribution is 0.473. The summed E-state index contributed by atoms with van der Waals surface area (Å²) >= 11 is 1.60. The van der Waals surface area contributed by atoms with Crippen molar-refractivity contribution in [3.8, 4) is 5.75 Å². The molecule has 2 rings (SSSR count). The quantitative estimate of drug-likeness (QED) is 0.890. The molecule has 0 bridgehead atoms. The van der Waals surface area contributed by atoms with E-state index in [4.69, 9.17) is 0 Å². The molecule has 19 heavy (non-hydrogen) atoms. The summed E-state index contributed by atoms with van der Waals surface area (Å²) in [4.78, 5) is 1.21. The SMILES string of the molecule is CC(Cc1cccs1)NS(=O)(=O)c1cccc(O)c1. The van der Waals surface area contributed by atoms with Gasteiger partial charge in [0.1, 0.15) is 5.75 Å². The summed E-state index contributed by atoms with van der Waals surface area (Å²) in [5, 5.41) is 11.3. The van der Waals surface area contributed by atoms with E-state index in [2.05, 4.69) is 4.72 Å². The minimum Gasteiger partial charge on any atom is -0.508 e. The average molecular weight is 297 g/mol. The molecule has 0 spiro atoms. The van der Waals surface area contributed by atoms with Gasteiger partial charge in [0.2, 0.25) is 10.0 Å². The normalized spacial score (nSPS) is 13.3. The lowest BCUT2D eigenvalue weighted by atomic mass is 10.2. The van der Waals surface area contributed by atoms with Crippen molar-refractivity contribution < 1.29 is 13.5 Å². The van der Waals surface area contributed by atoms with E-state index in [1.54, 1.807) is 11.3 Å². The van der Waals surface area contributed by atoms with Gasteiger partial charge in [-0.05, 0) is 43.0 Å². The first-order valence-corrected chi connectivity index (χ1v) is 8.17. The van der Waals surface area contributed by atoms with Crippen molar-refractivity contribution in [2.45, 2.75) is 24.3 Å². The summed E-state index contributed by atoms with van der Waals surface area (Å²) in [6, 6.07) is 9.36. The van der Waals surface area contributed by atoms with Crippen LogP contribution in [-0.4, -0.2) is 19.6 Å². The van der Waals surface area contributed by atoms with E-state index in [1.165, 1.54) is 24.3 Å². The lowest BCUT2D eigenvalue weighted by Crippen LogP contribution is -2.33. The molecule has 0 saturated carbocycles. The molecule has 1 aromatic heterocycles. The molecule has 1 heterocycles. The van der Waals surface area contributed by atoms with E-state index in [0.29, 0.717) is 6.42 Å². The molecule has 0 fully saturated rings. The summed E-state index contributed by atoms with van der Waals surface area (Å²) in [5.74, 6) is -0.0613. The summed E-state index contributed by atoms with van der Waals surface area (Å²) in [6.45, 7) is 1.82. The molecular weight excluding hydrogens is 282 g/mol. The van der Waals surface area contributed by atoms with Crippen molar-refractivity contribution in [1.29, 1.82) is 0 Å². The van der Waals surface area contributed by atoms with Crippen LogP contribution in [-0.2, 0) is 16.4 Å². The summed E-state index contributed by atoms with van der Waals surface area (Å²) in [7, 11) is -3.59. The molecule has 6 heteroatoms. The number of thiophene rings is 1. The maximum atomic E-state index is 12.1. The lowest BCUT2D eigenvalue weighted by Gasteiger charge is -2.13. The number of phenols is 1. The van der Waals surface area contributed by atoms with Gasteiger partial charge >= 0.3 is 0 Å². The Labute approximate surface area is 116 Å². The first-order valence-electron chi connectivity index (χ1n) is 5.81. The number of benzene rings is 1. The molecule has 0 aliphatic rings. The summed E-state index contributed by atoms with van der Waals surface area (Å²) < 4.78 is 26.8. The van der Waals surface area contributed by atoms with Crippen LogP contribution < -0.4 is 4.72 Å². The highest BCUT2D eigenvalue weighted by atomic mass is 32.2. The highest BCUT2D eigenvalue weighted by Gasteiger charge is 2.18. The predicted octanol–water partition coefficient (Wildman–Crippen LogP) is 2.36. The smallest absolute Gasteiger partial charge is 0.240 e. The van der Waals surface area contributed by atoms with Crippen molar-refractivity contribution >= 4 is 21.4 Å². The molecule has 1 atom stereocenters. The van der Waals surface area contributed by atoms with Crippen LogP contribution in [0.2, 0.25) is 0 Å². The fourth-order valence-electron chi connectivity index (χ4n) is 1.76.